The zero-order chi connectivity index (χ0) is 19.4. The minimum atomic E-state index is -1.42. The van der Waals surface area contributed by atoms with E-state index >= 15 is 0 Å². The molecule has 0 aromatic heterocycles. The average molecular weight is 530 g/mol. The van der Waals surface area contributed by atoms with Crippen molar-refractivity contribution in [1.29, 1.82) is 0 Å². The van der Waals surface area contributed by atoms with Gasteiger partial charge in [-0.1, -0.05) is 0 Å². The van der Waals surface area contributed by atoms with E-state index in [-0.39, 0.29) is 12.8 Å². The molecule has 0 aliphatic heterocycles. The van der Waals surface area contributed by atoms with Gasteiger partial charge in [-0.05, 0) is 0 Å². The van der Waals surface area contributed by atoms with Crippen LogP contribution in [0.15, 0.2) is 0 Å². The zero-order valence-electron chi connectivity index (χ0n) is 13.4. The number of amides is 2. The van der Waals surface area contributed by atoms with Crippen molar-refractivity contribution in [3.8, 4) is 0 Å². The topological polar surface area (TPSA) is 191 Å². The number of nitrogens with one attached hydrogen (secondary N) is 3. The summed E-state index contributed by atoms with van der Waals surface area (Å²) in [5.74, 6) is -3.84. The Morgan fingerprint density at radius 1 is 0.920 bits per heavy atom. The number of carboxylic acid groups (broad SMARTS) is 3. The molecule has 0 fully saturated rings. The fraction of sp³-hybridized carbons (Fsp3) is 0.615. The molecule has 12 heteroatoms. The Morgan fingerprint density at radius 3 is 1.88 bits per heavy atom. The van der Waals surface area contributed by atoms with Gasteiger partial charge in [-0.3, -0.25) is 4.79 Å². The molecule has 0 aromatic carbocycles. The van der Waals surface area contributed by atoms with Crippen molar-refractivity contribution >= 4 is 28.1 Å². The SMILES string of the molecule is N[C](=[W])NCCCC[C@H](NC(=O)N[C@@H](CCC(=O)O)C(=O)O)C(=O)O. The quantitative estimate of drug-likeness (QED) is 0.138. The molecule has 8 N–H and O–H groups in total. The van der Waals surface area contributed by atoms with Crippen molar-refractivity contribution in [3.05, 3.63) is 0 Å². The molecule has 25 heavy (non-hydrogen) atoms. The number of carboxylic acids is 3. The van der Waals surface area contributed by atoms with Crippen LogP contribution >= 0.6 is 0 Å². The van der Waals surface area contributed by atoms with Crippen molar-refractivity contribution in [3.63, 3.8) is 0 Å². The number of carbonyl (C=O) groups is 4. The van der Waals surface area contributed by atoms with Crippen LogP contribution in [0.25, 0.3) is 0 Å². The molecule has 0 aromatic rings. The Bertz CT molecular complexity index is 515. The number of hydrogen-bond donors (Lipinski definition) is 7. The first-order valence-electron chi connectivity index (χ1n) is 7.41. The summed E-state index contributed by atoms with van der Waals surface area (Å²) in [4.78, 5) is 44.4. The molecule has 0 radical (unpaired) electrons. The summed E-state index contributed by atoms with van der Waals surface area (Å²) in [6.45, 7) is 0.587. The molecule has 0 saturated carbocycles. The van der Waals surface area contributed by atoms with E-state index in [1.165, 1.54) is 0 Å². The maximum atomic E-state index is 11.8. The fourth-order valence-corrected chi connectivity index (χ4v) is 2.19. The van der Waals surface area contributed by atoms with Crippen LogP contribution in [-0.2, 0) is 33.7 Å². The van der Waals surface area contributed by atoms with Crippen LogP contribution in [0.5, 0.6) is 0 Å². The summed E-state index contributed by atoms with van der Waals surface area (Å²) in [6, 6.07) is -3.57. The van der Waals surface area contributed by atoms with E-state index < -0.39 is 42.4 Å². The van der Waals surface area contributed by atoms with E-state index in [9.17, 15) is 19.2 Å². The first kappa shape index (κ1) is 23.2. The van der Waals surface area contributed by atoms with Crippen LogP contribution in [0.2, 0.25) is 0 Å². The summed E-state index contributed by atoms with van der Waals surface area (Å²) in [6.07, 6.45) is 0.573. The Morgan fingerprint density at radius 2 is 1.44 bits per heavy atom. The Kier molecular flexibility index (Phi) is 11.6. The van der Waals surface area contributed by atoms with E-state index in [0.717, 1.165) is 19.4 Å². The van der Waals surface area contributed by atoms with E-state index in [4.69, 9.17) is 21.1 Å². The molecule has 0 bridgehead atoms. The molecule has 0 rings (SSSR count). The summed E-state index contributed by atoms with van der Waals surface area (Å²) >= 11 is 1.10. The van der Waals surface area contributed by atoms with Crippen LogP contribution in [-0.4, -0.2) is 62.0 Å². The molecular formula is C13H22N4O7W. The fourth-order valence-electron chi connectivity index (χ4n) is 1.83. The van der Waals surface area contributed by atoms with Gasteiger partial charge >= 0.3 is 128 Å². The average Bonchev–Trinajstić information content (AvgIpc) is 2.48. The van der Waals surface area contributed by atoms with Crippen molar-refractivity contribution in [1.82, 2.24) is 16.0 Å². The zero-order valence-corrected chi connectivity index (χ0v) is 16.3. The van der Waals surface area contributed by atoms with Gasteiger partial charge in [-0.2, -0.15) is 0 Å². The number of hydrogen-bond acceptors (Lipinski definition) is 6. The number of nitrogens with two attached hydrogens (primary N) is 1. The van der Waals surface area contributed by atoms with Gasteiger partial charge in [-0.25, -0.2) is 4.79 Å². The van der Waals surface area contributed by atoms with Gasteiger partial charge in [0.05, 0.1) is 0 Å². The standard InChI is InChI=1S/C13H22N4O7.W/c14-7-15-6-2-1-3-8(11(20)21)16-13(24)17-9(12(22)23)4-5-10(18)19;/h8-9,15H,1-6,14H2,(H,18,19)(H,20,21)(H,22,23)(H2,16,17,24);/t8-,9-;/m0./s1. The third kappa shape index (κ3) is 12.2. The van der Waals surface area contributed by atoms with Crippen LogP contribution in [0.1, 0.15) is 32.1 Å². The Hall–Kier alpha value is -1.84. The third-order valence-corrected chi connectivity index (χ3v) is 3.59. The van der Waals surface area contributed by atoms with Gasteiger partial charge < -0.3 is 10.2 Å². The van der Waals surface area contributed by atoms with E-state index in [1.54, 1.807) is 0 Å². The molecule has 0 aliphatic carbocycles. The minimum absolute atomic E-state index is 0.160. The van der Waals surface area contributed by atoms with Gasteiger partial charge in [-0.15, -0.1) is 0 Å². The van der Waals surface area contributed by atoms with Crippen LogP contribution in [0.3, 0.4) is 0 Å². The van der Waals surface area contributed by atoms with Crippen molar-refractivity contribution in [2.75, 3.05) is 6.54 Å². The van der Waals surface area contributed by atoms with Crippen molar-refractivity contribution in [2.45, 2.75) is 44.2 Å². The van der Waals surface area contributed by atoms with Gasteiger partial charge in [0.25, 0.3) is 0 Å². The van der Waals surface area contributed by atoms with Crippen molar-refractivity contribution < 1.29 is 53.9 Å². The molecule has 0 spiro atoms. The number of urea groups is 1. The summed E-state index contributed by atoms with van der Waals surface area (Å²) in [5, 5.41) is 33.8. The number of rotatable bonds is 13. The molecule has 0 heterocycles. The van der Waals surface area contributed by atoms with Gasteiger partial charge in [0.2, 0.25) is 0 Å². The molecular weight excluding hydrogens is 508 g/mol. The number of unbranched alkanes of at least 4 members (excludes halogenated alkanes) is 1. The third-order valence-electron chi connectivity index (χ3n) is 3.07. The molecule has 0 aliphatic rings. The second-order valence-corrected chi connectivity index (χ2v) is 6.70. The number of aliphatic carboxylic acids is 3. The molecule has 2 amide bonds. The monoisotopic (exact) mass is 530 g/mol. The maximum absolute atomic E-state index is 11.8. The van der Waals surface area contributed by atoms with E-state index in [2.05, 4.69) is 16.0 Å². The molecule has 0 saturated heterocycles. The van der Waals surface area contributed by atoms with Gasteiger partial charge in [0.15, 0.2) is 0 Å². The van der Waals surface area contributed by atoms with Crippen LogP contribution in [0, 0.1) is 0 Å². The first-order chi connectivity index (χ1) is 11.6. The van der Waals surface area contributed by atoms with Crippen molar-refractivity contribution in [2.24, 2.45) is 5.73 Å². The molecule has 2 atom stereocenters. The summed E-state index contributed by atoms with van der Waals surface area (Å²) in [5.41, 5.74) is 5.46. The van der Waals surface area contributed by atoms with Gasteiger partial charge in [0, 0.05) is 6.42 Å². The van der Waals surface area contributed by atoms with Crippen LogP contribution in [0.4, 0.5) is 4.79 Å². The molecule has 11 nitrogen and oxygen atoms in total. The second kappa shape index (κ2) is 12.5. The second-order valence-electron chi connectivity index (χ2n) is 5.12. The first-order valence-corrected chi connectivity index (χ1v) is 8.88. The summed E-state index contributed by atoms with van der Waals surface area (Å²) < 4.78 is 0.633. The predicted molar refractivity (Wildman–Crippen MR) is 82.4 cm³/mol. The summed E-state index contributed by atoms with van der Waals surface area (Å²) in [7, 11) is 0. The Balaban J connectivity index is 4.41. The van der Waals surface area contributed by atoms with E-state index in [1.807, 2.05) is 0 Å². The molecule has 142 valence electrons. The van der Waals surface area contributed by atoms with E-state index in [0.29, 0.717) is 23.5 Å². The molecule has 0 unspecified atom stereocenters. The van der Waals surface area contributed by atoms with Crippen LogP contribution < -0.4 is 21.7 Å². The Labute approximate surface area is 154 Å². The predicted octanol–water partition coefficient (Wildman–Crippen LogP) is -1.59. The normalized spacial score (nSPS) is 12.7. The number of carbonyl (C=O) groups excluding carboxylic acids is 1. The van der Waals surface area contributed by atoms with Gasteiger partial charge in [0.1, 0.15) is 0 Å².